The van der Waals surface area contributed by atoms with E-state index in [-0.39, 0.29) is 18.3 Å². The molecule has 0 unspecified atom stereocenters. The highest BCUT2D eigenvalue weighted by molar-refractivity contribution is 6.12. The Hall–Kier alpha value is -5.89. The van der Waals surface area contributed by atoms with Gasteiger partial charge in [0.1, 0.15) is 24.2 Å². The second-order valence-corrected chi connectivity index (χ2v) is 10.3. The standard InChI is InChI=1S/C38H34N2O6/c1-44-38(43)35(39-34-17-9-8-16-33(34)37(42)29-11-4-2-5-12-29)27-28-18-20-32(21-19-28)46-26-24-40(30-13-6-3-7-14-30)36(41)23-22-31-15-10-25-45-31/h2-23,25,35,39H,24,26-27H2,1H3/b23-22+/t35-/m0/s1. The number of amides is 1. The van der Waals surface area contributed by atoms with Crippen LogP contribution in [0.4, 0.5) is 11.4 Å². The van der Waals surface area contributed by atoms with E-state index in [9.17, 15) is 14.4 Å². The molecular formula is C38H34N2O6. The molecule has 1 heterocycles. The van der Waals surface area contributed by atoms with Crippen molar-refractivity contribution in [2.24, 2.45) is 0 Å². The van der Waals surface area contributed by atoms with Crippen molar-refractivity contribution >= 4 is 35.1 Å². The Morgan fingerprint density at radius 1 is 0.826 bits per heavy atom. The van der Waals surface area contributed by atoms with Crippen LogP contribution in [0.25, 0.3) is 6.08 Å². The lowest BCUT2D eigenvalue weighted by molar-refractivity contribution is -0.141. The van der Waals surface area contributed by atoms with Crippen LogP contribution in [0.1, 0.15) is 27.2 Å². The van der Waals surface area contributed by atoms with Crippen molar-refractivity contribution < 1.29 is 28.3 Å². The van der Waals surface area contributed by atoms with Gasteiger partial charge in [-0.15, -0.1) is 0 Å². The third-order valence-electron chi connectivity index (χ3n) is 7.24. The number of furan rings is 1. The highest BCUT2D eigenvalue weighted by Crippen LogP contribution is 2.22. The normalized spacial score (nSPS) is 11.5. The lowest BCUT2D eigenvalue weighted by Gasteiger charge is -2.22. The van der Waals surface area contributed by atoms with Crippen LogP contribution >= 0.6 is 0 Å². The minimum Gasteiger partial charge on any atom is -0.492 e. The number of ether oxygens (including phenoxy) is 2. The fourth-order valence-corrected chi connectivity index (χ4v) is 4.89. The van der Waals surface area contributed by atoms with Gasteiger partial charge >= 0.3 is 5.97 Å². The molecule has 5 aromatic rings. The molecule has 1 aromatic heterocycles. The Balaban J connectivity index is 1.22. The summed E-state index contributed by atoms with van der Waals surface area (Å²) in [5, 5.41) is 3.23. The molecule has 1 N–H and O–H groups in total. The maximum atomic E-state index is 13.2. The minimum atomic E-state index is -0.735. The van der Waals surface area contributed by atoms with Crippen LogP contribution in [0, 0.1) is 0 Å². The maximum absolute atomic E-state index is 13.2. The van der Waals surface area contributed by atoms with E-state index >= 15 is 0 Å². The molecule has 0 aliphatic rings. The van der Waals surface area contributed by atoms with Crippen molar-refractivity contribution in [3.8, 4) is 5.75 Å². The fourth-order valence-electron chi connectivity index (χ4n) is 4.89. The Morgan fingerprint density at radius 2 is 1.52 bits per heavy atom. The number of esters is 1. The van der Waals surface area contributed by atoms with Gasteiger partial charge < -0.3 is 24.1 Å². The van der Waals surface area contributed by atoms with E-state index in [2.05, 4.69) is 5.32 Å². The number of para-hydroxylation sites is 2. The SMILES string of the molecule is COC(=O)[C@H](Cc1ccc(OCCN(C(=O)/C=C/c2ccco2)c2ccccc2)cc1)Nc1ccccc1C(=O)c1ccccc1. The molecule has 8 heteroatoms. The molecule has 4 aromatic carbocycles. The smallest absolute Gasteiger partial charge is 0.328 e. The van der Waals surface area contributed by atoms with Gasteiger partial charge in [0.15, 0.2) is 5.78 Å². The van der Waals surface area contributed by atoms with Crippen LogP contribution in [-0.2, 0) is 20.7 Å². The summed E-state index contributed by atoms with van der Waals surface area (Å²) in [7, 11) is 1.34. The summed E-state index contributed by atoms with van der Waals surface area (Å²) in [5.74, 6) is 0.419. The van der Waals surface area contributed by atoms with E-state index < -0.39 is 12.0 Å². The number of methoxy groups -OCH3 is 1. The van der Waals surface area contributed by atoms with Crippen LogP contribution in [0.3, 0.4) is 0 Å². The molecule has 46 heavy (non-hydrogen) atoms. The topological polar surface area (TPSA) is 98.1 Å². The van der Waals surface area contributed by atoms with Gasteiger partial charge in [0, 0.05) is 35.0 Å². The highest BCUT2D eigenvalue weighted by atomic mass is 16.5. The molecule has 0 bridgehead atoms. The zero-order chi connectivity index (χ0) is 32.1. The van der Waals surface area contributed by atoms with Gasteiger partial charge in [-0.1, -0.05) is 72.8 Å². The molecule has 0 fully saturated rings. The van der Waals surface area contributed by atoms with Gasteiger partial charge in [0.05, 0.1) is 19.9 Å². The highest BCUT2D eigenvalue weighted by Gasteiger charge is 2.23. The van der Waals surface area contributed by atoms with Gasteiger partial charge in [0.25, 0.3) is 5.91 Å². The molecule has 232 valence electrons. The average Bonchev–Trinajstić information content (AvgIpc) is 3.64. The summed E-state index contributed by atoms with van der Waals surface area (Å²) in [4.78, 5) is 40.7. The number of benzene rings is 4. The number of ketones is 1. The van der Waals surface area contributed by atoms with E-state index in [4.69, 9.17) is 13.9 Å². The predicted molar refractivity (Wildman–Crippen MR) is 178 cm³/mol. The Bertz CT molecular complexity index is 1750. The first-order chi connectivity index (χ1) is 22.5. The largest absolute Gasteiger partial charge is 0.492 e. The number of anilines is 2. The van der Waals surface area contributed by atoms with Gasteiger partial charge in [-0.2, -0.15) is 0 Å². The van der Waals surface area contributed by atoms with Crippen molar-refractivity contribution in [2.75, 3.05) is 30.5 Å². The number of nitrogens with zero attached hydrogens (tertiary/aromatic N) is 1. The zero-order valence-electron chi connectivity index (χ0n) is 25.4. The van der Waals surface area contributed by atoms with Crippen molar-refractivity contribution in [3.05, 3.63) is 156 Å². The van der Waals surface area contributed by atoms with Gasteiger partial charge in [-0.3, -0.25) is 9.59 Å². The molecule has 1 amide bonds. The van der Waals surface area contributed by atoms with Gasteiger partial charge in [0.2, 0.25) is 0 Å². The molecule has 0 aliphatic carbocycles. The van der Waals surface area contributed by atoms with Crippen LogP contribution < -0.4 is 15.0 Å². The molecule has 0 spiro atoms. The van der Waals surface area contributed by atoms with E-state index in [0.717, 1.165) is 11.3 Å². The number of carbonyl (C=O) groups is 3. The second kappa shape index (κ2) is 15.7. The summed E-state index contributed by atoms with van der Waals surface area (Å²) < 4.78 is 16.4. The van der Waals surface area contributed by atoms with E-state index in [1.54, 1.807) is 59.7 Å². The van der Waals surface area contributed by atoms with Crippen LogP contribution in [-0.4, -0.2) is 44.0 Å². The third-order valence-corrected chi connectivity index (χ3v) is 7.24. The summed E-state index contributed by atoms with van der Waals surface area (Å²) in [5.41, 5.74) is 3.19. The molecule has 5 rings (SSSR count). The lowest BCUT2D eigenvalue weighted by atomic mass is 10.00. The zero-order valence-corrected chi connectivity index (χ0v) is 25.4. The van der Waals surface area contributed by atoms with Crippen LogP contribution in [0.2, 0.25) is 0 Å². The summed E-state index contributed by atoms with van der Waals surface area (Å²) in [6, 6.07) is 35.7. The maximum Gasteiger partial charge on any atom is 0.328 e. The third kappa shape index (κ3) is 8.39. The van der Waals surface area contributed by atoms with Gasteiger partial charge in [-0.05, 0) is 60.2 Å². The van der Waals surface area contributed by atoms with Crippen molar-refractivity contribution in [3.63, 3.8) is 0 Å². The quantitative estimate of drug-likeness (QED) is 0.0832. The summed E-state index contributed by atoms with van der Waals surface area (Å²) in [6.45, 7) is 0.579. The van der Waals surface area contributed by atoms with Crippen LogP contribution in [0.15, 0.2) is 138 Å². The lowest BCUT2D eigenvalue weighted by Crippen LogP contribution is -2.33. The summed E-state index contributed by atoms with van der Waals surface area (Å²) in [6.07, 6.45) is 4.98. The van der Waals surface area contributed by atoms with E-state index in [1.165, 1.54) is 13.2 Å². The monoisotopic (exact) mass is 614 g/mol. The van der Waals surface area contributed by atoms with Gasteiger partial charge in [-0.25, -0.2) is 4.79 Å². The first-order valence-electron chi connectivity index (χ1n) is 14.8. The first kappa shape index (κ1) is 31.5. The number of rotatable bonds is 14. The molecular weight excluding hydrogens is 580 g/mol. The molecule has 0 aliphatic heterocycles. The Labute approximate surface area is 267 Å². The predicted octanol–water partition coefficient (Wildman–Crippen LogP) is 6.83. The number of carbonyl (C=O) groups excluding carboxylic acids is 3. The molecule has 8 nitrogen and oxygen atoms in total. The van der Waals surface area contributed by atoms with Crippen LogP contribution in [0.5, 0.6) is 5.75 Å². The van der Waals surface area contributed by atoms with E-state index in [1.807, 2.05) is 78.9 Å². The first-order valence-corrected chi connectivity index (χ1v) is 14.8. The van der Waals surface area contributed by atoms with Crippen molar-refractivity contribution in [2.45, 2.75) is 12.5 Å². The molecule has 0 radical (unpaired) electrons. The summed E-state index contributed by atoms with van der Waals surface area (Å²) >= 11 is 0. The molecule has 0 saturated heterocycles. The fraction of sp³-hybridized carbons (Fsp3) is 0.132. The van der Waals surface area contributed by atoms with Crippen molar-refractivity contribution in [1.82, 2.24) is 0 Å². The Kier molecular flexibility index (Phi) is 10.8. The average molecular weight is 615 g/mol. The molecule has 0 saturated carbocycles. The minimum absolute atomic E-state index is 0.144. The number of nitrogens with one attached hydrogen (secondary N) is 1. The van der Waals surface area contributed by atoms with Crippen molar-refractivity contribution in [1.29, 1.82) is 0 Å². The van der Waals surface area contributed by atoms with E-state index in [0.29, 0.717) is 41.3 Å². The number of hydrogen-bond donors (Lipinski definition) is 1. The number of hydrogen-bond acceptors (Lipinski definition) is 7. The molecule has 1 atom stereocenters. The Morgan fingerprint density at radius 3 is 2.22 bits per heavy atom. The second-order valence-electron chi connectivity index (χ2n) is 10.3.